The van der Waals surface area contributed by atoms with E-state index in [0.29, 0.717) is 6.04 Å². The highest BCUT2D eigenvalue weighted by Crippen LogP contribution is 2.23. The highest BCUT2D eigenvalue weighted by atomic mass is 15.3. The molecule has 2 aromatic rings. The zero-order valence-electron chi connectivity index (χ0n) is 12.7. The van der Waals surface area contributed by atoms with Crippen molar-refractivity contribution in [2.24, 2.45) is 7.05 Å². The first-order valence-corrected chi connectivity index (χ1v) is 7.43. The van der Waals surface area contributed by atoms with Crippen molar-refractivity contribution in [1.82, 2.24) is 24.9 Å². The third-order valence-corrected chi connectivity index (χ3v) is 3.96. The van der Waals surface area contributed by atoms with Gasteiger partial charge in [0, 0.05) is 50.7 Å². The lowest BCUT2D eigenvalue weighted by Crippen LogP contribution is -2.39. The summed E-state index contributed by atoms with van der Waals surface area (Å²) in [4.78, 5) is 4.74. The quantitative estimate of drug-likeness (QED) is 0.829. The van der Waals surface area contributed by atoms with Crippen LogP contribution < -0.4 is 4.90 Å². The first kappa shape index (κ1) is 14.0. The first-order valence-electron chi connectivity index (χ1n) is 7.43. The van der Waals surface area contributed by atoms with Gasteiger partial charge in [-0.3, -0.25) is 9.58 Å². The van der Waals surface area contributed by atoms with Gasteiger partial charge in [-0.25, -0.2) is 0 Å². The van der Waals surface area contributed by atoms with E-state index in [1.54, 1.807) is 6.20 Å². The number of hydrogen-bond acceptors (Lipinski definition) is 5. The zero-order valence-corrected chi connectivity index (χ0v) is 12.7. The molecule has 0 saturated carbocycles. The molecular weight excluding hydrogens is 264 g/mol. The van der Waals surface area contributed by atoms with Crippen LogP contribution in [0.25, 0.3) is 0 Å². The number of hydrogen-bond donors (Lipinski definition) is 0. The largest absolute Gasteiger partial charge is 0.351 e. The second kappa shape index (κ2) is 6.22. The molecule has 21 heavy (non-hydrogen) atoms. The van der Waals surface area contributed by atoms with Crippen LogP contribution in [0.4, 0.5) is 5.82 Å². The van der Waals surface area contributed by atoms with Gasteiger partial charge < -0.3 is 4.90 Å². The van der Waals surface area contributed by atoms with Gasteiger partial charge in [0.2, 0.25) is 0 Å². The number of aromatic nitrogens is 4. The molecule has 1 aliphatic heterocycles. The molecule has 0 amide bonds. The molecule has 1 atom stereocenters. The fourth-order valence-electron chi connectivity index (χ4n) is 3.06. The van der Waals surface area contributed by atoms with Crippen LogP contribution >= 0.6 is 0 Å². The molecule has 0 spiro atoms. The fraction of sp³-hybridized carbons (Fsp3) is 0.533. The predicted octanol–water partition coefficient (Wildman–Crippen LogP) is 1.31. The average Bonchev–Trinajstić information content (AvgIpc) is 3.09. The molecule has 1 saturated heterocycles. The van der Waals surface area contributed by atoms with Crippen LogP contribution in [0.1, 0.15) is 18.4 Å². The van der Waals surface area contributed by atoms with Gasteiger partial charge in [-0.1, -0.05) is 0 Å². The van der Waals surface area contributed by atoms with Crippen molar-refractivity contribution in [1.29, 1.82) is 0 Å². The highest BCUT2D eigenvalue weighted by molar-refractivity contribution is 5.39. The van der Waals surface area contributed by atoms with Crippen molar-refractivity contribution in [3.8, 4) is 0 Å². The molecule has 3 heterocycles. The second-order valence-electron chi connectivity index (χ2n) is 5.79. The van der Waals surface area contributed by atoms with Crippen LogP contribution in [0.5, 0.6) is 0 Å². The van der Waals surface area contributed by atoms with Gasteiger partial charge in [0.15, 0.2) is 5.82 Å². The van der Waals surface area contributed by atoms with Crippen molar-refractivity contribution in [2.75, 3.05) is 25.0 Å². The third kappa shape index (κ3) is 3.39. The van der Waals surface area contributed by atoms with Crippen molar-refractivity contribution < 1.29 is 0 Å². The van der Waals surface area contributed by atoms with Crippen molar-refractivity contribution >= 4 is 5.82 Å². The molecule has 0 unspecified atom stereocenters. The second-order valence-corrected chi connectivity index (χ2v) is 5.79. The molecular formula is C15H22N6. The maximum Gasteiger partial charge on any atom is 0.151 e. The van der Waals surface area contributed by atoms with E-state index in [2.05, 4.69) is 38.3 Å². The molecule has 0 aliphatic carbocycles. The first-order chi connectivity index (χ1) is 10.2. The number of likely N-dealkylation sites (N-methyl/N-ethyl adjacent to an activating group) is 1. The highest BCUT2D eigenvalue weighted by Gasteiger charge is 2.26. The van der Waals surface area contributed by atoms with E-state index in [9.17, 15) is 0 Å². The maximum absolute atomic E-state index is 4.25. The molecule has 1 aliphatic rings. The van der Waals surface area contributed by atoms with E-state index in [1.165, 1.54) is 18.4 Å². The average molecular weight is 286 g/mol. The SMILES string of the molecule is CN(Cc1cnn(C)c1)C[C@H]1CCCN1c1cccnn1. The van der Waals surface area contributed by atoms with Gasteiger partial charge in [-0.2, -0.15) is 10.2 Å². The Balaban J connectivity index is 1.61. The number of aryl methyl sites for hydroxylation is 1. The van der Waals surface area contributed by atoms with Gasteiger partial charge in [0.25, 0.3) is 0 Å². The molecule has 0 bridgehead atoms. The minimum Gasteiger partial charge on any atom is -0.351 e. The Labute approximate surface area is 125 Å². The summed E-state index contributed by atoms with van der Waals surface area (Å²) in [5, 5.41) is 12.5. The predicted molar refractivity (Wildman–Crippen MR) is 81.9 cm³/mol. The van der Waals surface area contributed by atoms with Crippen LogP contribution in [0, 0.1) is 0 Å². The monoisotopic (exact) mass is 286 g/mol. The molecule has 6 nitrogen and oxygen atoms in total. The zero-order chi connectivity index (χ0) is 14.7. The van der Waals surface area contributed by atoms with Crippen molar-refractivity contribution in [3.05, 3.63) is 36.3 Å². The summed E-state index contributed by atoms with van der Waals surface area (Å²) in [5.41, 5.74) is 1.25. The Morgan fingerprint density at radius 3 is 3.05 bits per heavy atom. The van der Waals surface area contributed by atoms with Gasteiger partial charge in [-0.15, -0.1) is 5.10 Å². The Morgan fingerprint density at radius 1 is 1.43 bits per heavy atom. The van der Waals surface area contributed by atoms with E-state index in [0.717, 1.165) is 25.5 Å². The summed E-state index contributed by atoms with van der Waals surface area (Å²) in [7, 11) is 4.12. The van der Waals surface area contributed by atoms with Crippen LogP contribution in [0.2, 0.25) is 0 Å². The van der Waals surface area contributed by atoms with Gasteiger partial charge in [-0.05, 0) is 32.0 Å². The lowest BCUT2D eigenvalue weighted by molar-refractivity contribution is 0.302. The van der Waals surface area contributed by atoms with Crippen molar-refractivity contribution in [3.63, 3.8) is 0 Å². The molecule has 0 aromatic carbocycles. The van der Waals surface area contributed by atoms with Crippen LogP contribution in [0.15, 0.2) is 30.7 Å². The summed E-state index contributed by atoms with van der Waals surface area (Å²) in [5.74, 6) is 0.995. The Bertz CT molecular complexity index is 567. The standard InChI is InChI=1S/C15H22N6/c1-19(10-13-9-17-20(2)11-13)12-14-5-4-8-21(14)15-6-3-7-16-18-15/h3,6-7,9,11,14H,4-5,8,10,12H2,1-2H3/t14-/m1/s1. The maximum atomic E-state index is 4.25. The molecule has 112 valence electrons. The minimum absolute atomic E-state index is 0.517. The normalized spacial score (nSPS) is 18.6. The van der Waals surface area contributed by atoms with Crippen LogP contribution in [-0.2, 0) is 13.6 Å². The van der Waals surface area contributed by atoms with Gasteiger partial charge in [0.05, 0.1) is 6.20 Å². The molecule has 3 rings (SSSR count). The summed E-state index contributed by atoms with van der Waals surface area (Å²) >= 11 is 0. The Kier molecular flexibility index (Phi) is 4.15. The molecule has 2 aromatic heterocycles. The van der Waals surface area contributed by atoms with Gasteiger partial charge in [0.1, 0.15) is 0 Å². The van der Waals surface area contributed by atoms with Gasteiger partial charge >= 0.3 is 0 Å². The topological polar surface area (TPSA) is 50.1 Å². The Morgan fingerprint density at radius 2 is 2.33 bits per heavy atom. The van der Waals surface area contributed by atoms with Crippen LogP contribution in [0.3, 0.4) is 0 Å². The summed E-state index contributed by atoms with van der Waals surface area (Å²) in [6.45, 7) is 3.04. The molecule has 0 N–H and O–H groups in total. The summed E-state index contributed by atoms with van der Waals surface area (Å²) in [6.07, 6.45) is 8.18. The summed E-state index contributed by atoms with van der Waals surface area (Å²) < 4.78 is 1.85. The van der Waals surface area contributed by atoms with E-state index in [-0.39, 0.29) is 0 Å². The van der Waals surface area contributed by atoms with E-state index in [1.807, 2.05) is 30.1 Å². The molecule has 6 heteroatoms. The third-order valence-electron chi connectivity index (χ3n) is 3.96. The fourth-order valence-corrected chi connectivity index (χ4v) is 3.06. The van der Waals surface area contributed by atoms with Crippen molar-refractivity contribution in [2.45, 2.75) is 25.4 Å². The lowest BCUT2D eigenvalue weighted by Gasteiger charge is -2.29. The van der Waals surface area contributed by atoms with E-state index >= 15 is 0 Å². The number of nitrogens with zero attached hydrogens (tertiary/aromatic N) is 6. The minimum atomic E-state index is 0.517. The number of rotatable bonds is 5. The summed E-state index contributed by atoms with van der Waals surface area (Å²) in [6, 6.07) is 4.52. The van der Waals surface area contributed by atoms with Crippen LogP contribution in [-0.4, -0.2) is 51.1 Å². The lowest BCUT2D eigenvalue weighted by atomic mass is 10.2. The smallest absolute Gasteiger partial charge is 0.151 e. The molecule has 0 radical (unpaired) electrons. The number of anilines is 1. The Hall–Kier alpha value is -1.95. The molecule has 1 fully saturated rings. The van der Waals surface area contributed by atoms with E-state index in [4.69, 9.17) is 0 Å². The van der Waals surface area contributed by atoms with E-state index < -0.39 is 0 Å².